The zero-order chi connectivity index (χ0) is 27.2. The van der Waals surface area contributed by atoms with Gasteiger partial charge in [0, 0.05) is 34.6 Å². The molecule has 4 aliphatic rings. The van der Waals surface area contributed by atoms with Gasteiger partial charge in [-0.2, -0.15) is 23.5 Å². The van der Waals surface area contributed by atoms with Crippen LogP contribution in [-0.2, 0) is 5.41 Å². The maximum atomic E-state index is 12.9. The van der Waals surface area contributed by atoms with Crippen molar-refractivity contribution in [3.8, 4) is 0 Å². The van der Waals surface area contributed by atoms with Crippen LogP contribution < -0.4 is 10.6 Å². The smallest absolute Gasteiger partial charge is 0.325 e. The van der Waals surface area contributed by atoms with Crippen molar-refractivity contribution in [2.75, 3.05) is 18.6 Å². The van der Waals surface area contributed by atoms with Gasteiger partial charge in [-0.05, 0) is 34.9 Å². The number of benzene rings is 1. The Hall–Kier alpha value is -1.87. The minimum atomic E-state index is -0.249. The van der Waals surface area contributed by atoms with Gasteiger partial charge in [0.25, 0.3) is 5.91 Å². The van der Waals surface area contributed by atoms with Crippen LogP contribution in [0.4, 0.5) is 9.59 Å². The monoisotopic (exact) mass is 546 g/mol. The molecule has 7 nitrogen and oxygen atoms in total. The van der Waals surface area contributed by atoms with Gasteiger partial charge in [-0.1, -0.05) is 60.6 Å². The Kier molecular flexibility index (Phi) is 8.15. The van der Waals surface area contributed by atoms with Gasteiger partial charge in [0.15, 0.2) is 0 Å². The van der Waals surface area contributed by atoms with Crippen LogP contribution in [0.3, 0.4) is 0 Å². The molecule has 0 aromatic heterocycles. The molecule has 204 valence electrons. The number of amides is 5. The van der Waals surface area contributed by atoms with E-state index in [1.165, 1.54) is 10.5 Å². The number of hydrogen-bond donors (Lipinski definition) is 2. The second-order valence-corrected chi connectivity index (χ2v) is 14.7. The van der Waals surface area contributed by atoms with E-state index in [0.717, 1.165) is 11.5 Å². The molecule has 0 unspecified atom stereocenters. The fourth-order valence-corrected chi connectivity index (χ4v) is 8.99. The molecule has 5 rings (SSSR count). The molecule has 1 aromatic rings. The van der Waals surface area contributed by atoms with E-state index in [-0.39, 0.29) is 35.5 Å². The highest BCUT2D eigenvalue weighted by Crippen LogP contribution is 2.39. The Morgan fingerprint density at radius 2 is 1.35 bits per heavy atom. The molecule has 1 aromatic carbocycles. The van der Waals surface area contributed by atoms with E-state index in [4.69, 9.17) is 0 Å². The standard InChI is InChI=1S/C19H26N2O2S.C9H16N2OS/c1-11(2)16-15-14(10-24-16)21(18(23)20-15)17(22)12-6-8-13(9-7-12)19(3,4)5;1-5(2)8-7-6(4-13-8)11(3)9(12)10-7/h6-9,11,14-16H,10H2,1-5H3,(H,20,23);5-8H,4H2,1-3H3,(H,10,12)/t14-,15-,16-;6-,7-,8-/m00/s1. The molecule has 5 amide bonds. The molecular weight excluding hydrogens is 504 g/mol. The first-order valence-electron chi connectivity index (χ1n) is 13.3. The molecule has 4 aliphatic heterocycles. The number of rotatable bonds is 3. The summed E-state index contributed by atoms with van der Waals surface area (Å²) in [5.41, 5.74) is 1.81. The Morgan fingerprint density at radius 3 is 1.86 bits per heavy atom. The van der Waals surface area contributed by atoms with Crippen LogP contribution in [-0.4, -0.2) is 81.0 Å². The summed E-state index contributed by atoms with van der Waals surface area (Å²) in [7, 11) is 1.89. The Balaban J connectivity index is 0.000000207. The SMILES string of the molecule is CC(C)[C@@H]1SC[C@H]2[C@@H]1NC(=O)N2C.CC(C)[C@@H]1SC[C@H]2[C@@H]1NC(=O)N2C(=O)c1ccc(C(C)(C)C)cc1. The highest BCUT2D eigenvalue weighted by Gasteiger charge is 2.51. The van der Waals surface area contributed by atoms with Crippen LogP contribution in [0, 0.1) is 11.8 Å². The van der Waals surface area contributed by atoms with Crippen LogP contribution in [0.25, 0.3) is 0 Å². The maximum Gasteiger partial charge on any atom is 0.325 e. The molecule has 6 atom stereocenters. The predicted molar refractivity (Wildman–Crippen MR) is 153 cm³/mol. The fourth-order valence-electron chi connectivity index (χ4n) is 5.68. The molecular formula is C28H42N4O3S2. The van der Waals surface area contributed by atoms with E-state index in [2.05, 4.69) is 59.1 Å². The number of carbonyl (C=O) groups is 3. The highest BCUT2D eigenvalue weighted by atomic mass is 32.2. The van der Waals surface area contributed by atoms with Crippen LogP contribution in [0.1, 0.15) is 64.4 Å². The average Bonchev–Trinajstić information content (AvgIpc) is 3.55. The normalized spacial score (nSPS) is 30.8. The average molecular weight is 547 g/mol. The van der Waals surface area contributed by atoms with Crippen LogP contribution >= 0.6 is 23.5 Å². The summed E-state index contributed by atoms with van der Waals surface area (Å²) < 4.78 is 0. The zero-order valence-electron chi connectivity index (χ0n) is 23.3. The van der Waals surface area contributed by atoms with Crippen molar-refractivity contribution in [3.05, 3.63) is 35.4 Å². The van der Waals surface area contributed by atoms with Gasteiger partial charge >= 0.3 is 12.1 Å². The molecule has 0 radical (unpaired) electrons. The van der Waals surface area contributed by atoms with Gasteiger partial charge in [-0.15, -0.1) is 0 Å². The van der Waals surface area contributed by atoms with Crippen LogP contribution in [0.15, 0.2) is 24.3 Å². The summed E-state index contributed by atoms with van der Waals surface area (Å²) in [6, 6.07) is 8.33. The van der Waals surface area contributed by atoms with Crippen molar-refractivity contribution in [3.63, 3.8) is 0 Å². The van der Waals surface area contributed by atoms with Crippen molar-refractivity contribution in [1.82, 2.24) is 20.4 Å². The number of fused-ring (bicyclic) bond motifs is 2. The minimum absolute atomic E-state index is 0.0373. The van der Waals surface area contributed by atoms with Crippen molar-refractivity contribution >= 4 is 41.5 Å². The van der Waals surface area contributed by atoms with E-state index in [1.54, 1.807) is 0 Å². The third-order valence-corrected chi connectivity index (χ3v) is 11.4. The molecule has 0 saturated carbocycles. The number of carbonyl (C=O) groups excluding carboxylic acids is 3. The van der Waals surface area contributed by atoms with Crippen molar-refractivity contribution in [2.45, 2.75) is 88.5 Å². The lowest BCUT2D eigenvalue weighted by Crippen LogP contribution is -2.42. The zero-order valence-corrected chi connectivity index (χ0v) is 24.9. The lowest BCUT2D eigenvalue weighted by molar-refractivity contribution is 0.0789. The second-order valence-electron chi connectivity index (χ2n) is 12.3. The van der Waals surface area contributed by atoms with E-state index < -0.39 is 0 Å². The summed E-state index contributed by atoms with van der Waals surface area (Å²) in [6.45, 7) is 15.2. The number of nitrogens with zero attached hydrogens (tertiary/aromatic N) is 2. The summed E-state index contributed by atoms with van der Waals surface area (Å²) >= 11 is 3.85. The number of hydrogen-bond acceptors (Lipinski definition) is 5. The first-order valence-corrected chi connectivity index (χ1v) is 15.4. The Morgan fingerprint density at radius 1 is 0.865 bits per heavy atom. The van der Waals surface area contributed by atoms with Crippen LogP contribution in [0.2, 0.25) is 0 Å². The fraction of sp³-hybridized carbons (Fsp3) is 0.679. The summed E-state index contributed by atoms with van der Waals surface area (Å²) in [6.07, 6.45) is 0. The third kappa shape index (κ3) is 5.49. The van der Waals surface area contributed by atoms with Crippen molar-refractivity contribution in [1.29, 1.82) is 0 Å². The Bertz CT molecular complexity index is 1020. The van der Waals surface area contributed by atoms with Gasteiger partial charge < -0.3 is 15.5 Å². The van der Waals surface area contributed by atoms with Gasteiger partial charge in [0.05, 0.1) is 24.2 Å². The maximum absolute atomic E-state index is 12.9. The van der Waals surface area contributed by atoms with Gasteiger partial charge in [0.2, 0.25) is 0 Å². The first-order chi connectivity index (χ1) is 17.3. The first kappa shape index (κ1) is 28.1. The summed E-state index contributed by atoms with van der Waals surface area (Å²) in [5.74, 6) is 2.84. The molecule has 4 fully saturated rings. The summed E-state index contributed by atoms with van der Waals surface area (Å²) in [5, 5.41) is 7.06. The number of nitrogens with one attached hydrogen (secondary N) is 2. The van der Waals surface area contributed by atoms with Gasteiger partial charge in [-0.25, -0.2) is 9.59 Å². The van der Waals surface area contributed by atoms with Gasteiger partial charge in [-0.3, -0.25) is 9.69 Å². The largest absolute Gasteiger partial charge is 0.332 e. The lowest BCUT2D eigenvalue weighted by atomic mass is 9.86. The number of likely N-dealkylation sites (N-methyl/N-ethyl adjacent to an activating group) is 1. The van der Waals surface area contributed by atoms with E-state index >= 15 is 0 Å². The quantitative estimate of drug-likeness (QED) is 0.532. The second kappa shape index (κ2) is 10.7. The highest BCUT2D eigenvalue weighted by molar-refractivity contribution is 8.00. The third-order valence-electron chi connectivity index (χ3n) is 7.94. The lowest BCUT2D eigenvalue weighted by Gasteiger charge is -2.22. The minimum Gasteiger partial charge on any atom is -0.332 e. The number of imide groups is 1. The van der Waals surface area contributed by atoms with Crippen molar-refractivity contribution in [2.24, 2.45) is 11.8 Å². The molecule has 4 saturated heterocycles. The molecule has 0 aliphatic carbocycles. The molecule has 2 N–H and O–H groups in total. The van der Waals surface area contributed by atoms with E-state index in [0.29, 0.717) is 40.0 Å². The Labute approximate surface area is 230 Å². The topological polar surface area (TPSA) is 81.8 Å². The number of thioether (sulfide) groups is 2. The van der Waals surface area contributed by atoms with Crippen LogP contribution in [0.5, 0.6) is 0 Å². The molecule has 37 heavy (non-hydrogen) atoms. The predicted octanol–water partition coefficient (Wildman–Crippen LogP) is 4.81. The molecule has 9 heteroatoms. The summed E-state index contributed by atoms with van der Waals surface area (Å²) in [4.78, 5) is 39.9. The van der Waals surface area contributed by atoms with E-state index in [9.17, 15) is 14.4 Å². The molecule has 4 heterocycles. The van der Waals surface area contributed by atoms with E-state index in [1.807, 2.05) is 59.7 Å². The molecule has 0 bridgehead atoms. The van der Waals surface area contributed by atoms with Crippen molar-refractivity contribution < 1.29 is 14.4 Å². The van der Waals surface area contributed by atoms with Gasteiger partial charge in [0.1, 0.15) is 0 Å². The molecule has 0 spiro atoms. The number of urea groups is 2.